The first kappa shape index (κ1) is 18.2. The van der Waals surface area contributed by atoms with Gasteiger partial charge in [0.25, 0.3) is 5.91 Å². The smallest absolute Gasteiger partial charge is 0.255 e. The summed E-state index contributed by atoms with van der Waals surface area (Å²) in [4.78, 5) is 22.9. The number of hydrogen-bond donors (Lipinski definition) is 2. The van der Waals surface area contributed by atoms with Crippen LogP contribution < -0.4 is 10.2 Å². The van der Waals surface area contributed by atoms with Crippen LogP contribution in [0, 0.1) is 5.92 Å². The molecule has 5 heteroatoms. The normalized spacial score (nSPS) is 21.8. The number of amides is 1. The summed E-state index contributed by atoms with van der Waals surface area (Å²) >= 11 is 0. The Balaban J connectivity index is 1.22. The zero-order valence-electron chi connectivity index (χ0n) is 16.7. The zero-order valence-corrected chi connectivity index (χ0v) is 16.7. The first-order valence-electron chi connectivity index (χ1n) is 10.8. The van der Waals surface area contributed by atoms with E-state index in [0.717, 1.165) is 42.6 Å². The van der Waals surface area contributed by atoms with Gasteiger partial charge in [0.1, 0.15) is 5.52 Å². The van der Waals surface area contributed by atoms with Crippen LogP contribution in [0.15, 0.2) is 54.9 Å². The van der Waals surface area contributed by atoms with Crippen molar-refractivity contribution in [3.8, 4) is 0 Å². The number of rotatable bonds is 6. The molecule has 29 heavy (non-hydrogen) atoms. The van der Waals surface area contributed by atoms with Crippen LogP contribution in [0.2, 0.25) is 0 Å². The van der Waals surface area contributed by atoms with Crippen molar-refractivity contribution in [2.75, 3.05) is 11.4 Å². The van der Waals surface area contributed by atoms with E-state index in [9.17, 15) is 4.79 Å². The fourth-order valence-corrected chi connectivity index (χ4v) is 4.59. The molecule has 2 aromatic heterocycles. The van der Waals surface area contributed by atoms with Gasteiger partial charge in [0.15, 0.2) is 0 Å². The number of aromatic nitrogens is 2. The van der Waals surface area contributed by atoms with E-state index in [-0.39, 0.29) is 11.9 Å². The molecule has 0 atom stereocenters. The number of H-pyrrole nitrogens is 1. The van der Waals surface area contributed by atoms with Gasteiger partial charge in [0, 0.05) is 36.7 Å². The average Bonchev–Trinajstić information content (AvgIpc) is 3.49. The standard InChI is InChI=1S/C24H28N4O/c29-24(21-15-26-22-7-4-14-25-23(21)22)27-18-10-12-20(13-11-18)28(16-17-8-9-17)19-5-2-1-3-6-19/h1-7,14-15,17-18,20,26H,8-13,16H2,(H,27,29). The van der Waals surface area contributed by atoms with Crippen molar-refractivity contribution in [1.29, 1.82) is 0 Å². The second-order valence-corrected chi connectivity index (χ2v) is 8.51. The largest absolute Gasteiger partial charge is 0.368 e. The summed E-state index contributed by atoms with van der Waals surface area (Å²) in [6, 6.07) is 15.5. The Morgan fingerprint density at radius 2 is 1.83 bits per heavy atom. The van der Waals surface area contributed by atoms with Gasteiger partial charge in [-0.25, -0.2) is 0 Å². The lowest BCUT2D eigenvalue weighted by molar-refractivity contribution is 0.0927. The summed E-state index contributed by atoms with van der Waals surface area (Å²) < 4.78 is 0. The minimum Gasteiger partial charge on any atom is -0.368 e. The van der Waals surface area contributed by atoms with E-state index >= 15 is 0 Å². The van der Waals surface area contributed by atoms with Gasteiger partial charge < -0.3 is 15.2 Å². The molecule has 2 N–H and O–H groups in total. The third-order valence-electron chi connectivity index (χ3n) is 6.39. The quantitative estimate of drug-likeness (QED) is 0.653. The molecule has 150 valence electrons. The number of carbonyl (C=O) groups excluding carboxylic acids is 1. The summed E-state index contributed by atoms with van der Waals surface area (Å²) in [5, 5.41) is 3.25. The Hall–Kier alpha value is -2.82. The Morgan fingerprint density at radius 3 is 2.59 bits per heavy atom. The molecule has 0 unspecified atom stereocenters. The lowest BCUT2D eigenvalue weighted by atomic mass is 9.89. The first-order chi connectivity index (χ1) is 14.3. The van der Waals surface area contributed by atoms with Crippen LogP contribution in [0.4, 0.5) is 5.69 Å². The number of fused-ring (bicyclic) bond motifs is 1. The summed E-state index contributed by atoms with van der Waals surface area (Å²) in [5.41, 5.74) is 3.64. The van der Waals surface area contributed by atoms with E-state index in [0.29, 0.717) is 11.6 Å². The molecular weight excluding hydrogens is 360 g/mol. The molecule has 3 aromatic rings. The van der Waals surface area contributed by atoms with Gasteiger partial charge in [-0.1, -0.05) is 18.2 Å². The highest BCUT2D eigenvalue weighted by atomic mass is 16.1. The van der Waals surface area contributed by atoms with E-state index in [1.165, 1.54) is 25.1 Å². The predicted octanol–water partition coefficient (Wildman–Crippen LogP) is 4.52. The van der Waals surface area contributed by atoms with Gasteiger partial charge in [0.05, 0.1) is 11.1 Å². The van der Waals surface area contributed by atoms with Gasteiger partial charge in [0.2, 0.25) is 0 Å². The van der Waals surface area contributed by atoms with Crippen molar-refractivity contribution in [3.63, 3.8) is 0 Å². The minimum absolute atomic E-state index is 0.0173. The molecule has 0 bridgehead atoms. The highest BCUT2D eigenvalue weighted by Crippen LogP contribution is 2.35. The molecular formula is C24H28N4O. The van der Waals surface area contributed by atoms with Gasteiger partial charge in [-0.2, -0.15) is 0 Å². The second-order valence-electron chi connectivity index (χ2n) is 8.51. The number of pyridine rings is 1. The Labute approximate surface area is 171 Å². The van der Waals surface area contributed by atoms with E-state index < -0.39 is 0 Å². The van der Waals surface area contributed by atoms with Gasteiger partial charge in [-0.15, -0.1) is 0 Å². The van der Waals surface area contributed by atoms with Crippen molar-refractivity contribution < 1.29 is 4.79 Å². The lowest BCUT2D eigenvalue weighted by Crippen LogP contribution is -2.44. The monoisotopic (exact) mass is 388 g/mol. The fraction of sp³-hybridized carbons (Fsp3) is 0.417. The highest BCUT2D eigenvalue weighted by Gasteiger charge is 2.31. The number of benzene rings is 1. The van der Waals surface area contributed by atoms with Crippen molar-refractivity contribution >= 4 is 22.6 Å². The molecule has 2 fully saturated rings. The Bertz CT molecular complexity index is 971. The lowest BCUT2D eigenvalue weighted by Gasteiger charge is -2.39. The van der Waals surface area contributed by atoms with Crippen molar-refractivity contribution in [1.82, 2.24) is 15.3 Å². The first-order valence-corrected chi connectivity index (χ1v) is 10.8. The molecule has 5 nitrogen and oxygen atoms in total. The number of carbonyl (C=O) groups is 1. The number of hydrogen-bond acceptors (Lipinski definition) is 3. The highest BCUT2D eigenvalue weighted by molar-refractivity contribution is 6.05. The zero-order chi connectivity index (χ0) is 19.6. The van der Waals surface area contributed by atoms with Crippen LogP contribution in [-0.4, -0.2) is 34.5 Å². The van der Waals surface area contributed by atoms with Crippen LogP contribution in [-0.2, 0) is 0 Å². The second kappa shape index (κ2) is 7.90. The van der Waals surface area contributed by atoms with Crippen LogP contribution in [0.1, 0.15) is 48.9 Å². The summed E-state index contributed by atoms with van der Waals surface area (Å²) in [7, 11) is 0. The van der Waals surface area contributed by atoms with Crippen LogP contribution in [0.3, 0.4) is 0 Å². The van der Waals surface area contributed by atoms with Crippen LogP contribution in [0.5, 0.6) is 0 Å². The molecule has 2 aliphatic carbocycles. The summed E-state index contributed by atoms with van der Waals surface area (Å²) in [6.07, 6.45) is 10.5. The van der Waals surface area contributed by atoms with Crippen LogP contribution >= 0.6 is 0 Å². The van der Waals surface area contributed by atoms with Gasteiger partial charge in [-0.05, 0) is 68.7 Å². The average molecular weight is 389 g/mol. The van der Waals surface area contributed by atoms with Crippen molar-refractivity contribution in [2.24, 2.45) is 5.92 Å². The fourth-order valence-electron chi connectivity index (χ4n) is 4.59. The molecule has 1 aromatic carbocycles. The number of nitrogens with one attached hydrogen (secondary N) is 2. The molecule has 2 aliphatic rings. The molecule has 0 radical (unpaired) electrons. The molecule has 0 saturated heterocycles. The van der Waals surface area contributed by atoms with Crippen molar-refractivity contribution in [3.05, 3.63) is 60.4 Å². The SMILES string of the molecule is O=C(NC1CCC(N(CC2CC2)c2ccccc2)CC1)c1c[nH]c2cccnc12. The summed E-state index contributed by atoms with van der Waals surface area (Å²) in [5.74, 6) is 0.846. The van der Waals surface area contributed by atoms with E-state index in [1.54, 1.807) is 12.4 Å². The Morgan fingerprint density at radius 1 is 1.03 bits per heavy atom. The Kier molecular flexibility index (Phi) is 4.96. The molecule has 0 spiro atoms. The maximum atomic E-state index is 12.8. The maximum Gasteiger partial charge on any atom is 0.255 e. The van der Waals surface area contributed by atoms with Gasteiger partial charge >= 0.3 is 0 Å². The molecule has 2 saturated carbocycles. The number of para-hydroxylation sites is 1. The van der Waals surface area contributed by atoms with Crippen LogP contribution in [0.25, 0.3) is 11.0 Å². The number of aromatic amines is 1. The number of anilines is 1. The number of nitrogens with zero attached hydrogens (tertiary/aromatic N) is 2. The minimum atomic E-state index is -0.0173. The van der Waals surface area contributed by atoms with E-state index in [4.69, 9.17) is 0 Å². The molecule has 1 amide bonds. The van der Waals surface area contributed by atoms with E-state index in [1.807, 2.05) is 12.1 Å². The maximum absolute atomic E-state index is 12.8. The third kappa shape index (κ3) is 4.00. The molecule has 2 heterocycles. The predicted molar refractivity (Wildman–Crippen MR) is 116 cm³/mol. The third-order valence-corrected chi connectivity index (χ3v) is 6.39. The topological polar surface area (TPSA) is 61.0 Å². The van der Waals surface area contributed by atoms with Crippen molar-refractivity contribution in [2.45, 2.75) is 50.6 Å². The van der Waals surface area contributed by atoms with E-state index in [2.05, 4.69) is 50.5 Å². The molecule has 0 aliphatic heterocycles. The van der Waals surface area contributed by atoms with Gasteiger partial charge in [-0.3, -0.25) is 9.78 Å². The summed E-state index contributed by atoms with van der Waals surface area (Å²) in [6.45, 7) is 1.17. The molecule has 5 rings (SSSR count).